The number of ether oxygens (including phenoxy) is 1. The van der Waals surface area contributed by atoms with Crippen molar-refractivity contribution in [2.75, 3.05) is 13.2 Å². The number of rotatable bonds is 5. The standard InChI is InChI=1S/C12H10Cl2F4N2O/c13-5-11-19-9-4-8(15)7(14)3-10(9)20(11)1-2-21-6-12(16,17)18/h3-4H,1-2,5-6H2. The van der Waals surface area contributed by atoms with E-state index in [2.05, 4.69) is 9.72 Å². The summed E-state index contributed by atoms with van der Waals surface area (Å²) in [7, 11) is 0. The third-order valence-electron chi connectivity index (χ3n) is 2.71. The number of fused-ring (bicyclic) bond motifs is 1. The topological polar surface area (TPSA) is 27.1 Å². The molecular weight excluding hydrogens is 335 g/mol. The predicted molar refractivity (Wildman–Crippen MR) is 71.1 cm³/mol. The van der Waals surface area contributed by atoms with Gasteiger partial charge in [0.1, 0.15) is 18.2 Å². The summed E-state index contributed by atoms with van der Waals surface area (Å²) in [6, 6.07) is 2.51. The van der Waals surface area contributed by atoms with Gasteiger partial charge in [-0.15, -0.1) is 11.6 Å². The number of imidazole rings is 1. The minimum atomic E-state index is -4.38. The van der Waals surface area contributed by atoms with Crippen LogP contribution in [0.1, 0.15) is 5.82 Å². The molecule has 3 nitrogen and oxygen atoms in total. The molecule has 0 fully saturated rings. The van der Waals surface area contributed by atoms with Crippen molar-refractivity contribution in [3.8, 4) is 0 Å². The summed E-state index contributed by atoms with van der Waals surface area (Å²) in [5, 5.41) is -0.0963. The van der Waals surface area contributed by atoms with Crippen LogP contribution < -0.4 is 0 Å². The molecule has 1 aromatic carbocycles. The zero-order chi connectivity index (χ0) is 15.6. The van der Waals surface area contributed by atoms with Crippen LogP contribution in [-0.2, 0) is 17.2 Å². The van der Waals surface area contributed by atoms with E-state index in [1.54, 1.807) is 4.57 Å². The fraction of sp³-hybridized carbons (Fsp3) is 0.417. The molecule has 0 amide bonds. The van der Waals surface area contributed by atoms with Crippen LogP contribution in [0.2, 0.25) is 5.02 Å². The van der Waals surface area contributed by atoms with Gasteiger partial charge in [-0.1, -0.05) is 11.6 Å². The van der Waals surface area contributed by atoms with Gasteiger partial charge in [0.15, 0.2) is 0 Å². The van der Waals surface area contributed by atoms with E-state index in [-0.39, 0.29) is 24.1 Å². The average molecular weight is 345 g/mol. The van der Waals surface area contributed by atoms with Crippen molar-refractivity contribution in [1.29, 1.82) is 0 Å². The van der Waals surface area contributed by atoms with Crippen LogP contribution in [0.3, 0.4) is 0 Å². The number of halogens is 6. The van der Waals surface area contributed by atoms with Crippen molar-refractivity contribution >= 4 is 34.2 Å². The predicted octanol–water partition coefficient (Wildman–Crippen LogP) is 4.15. The van der Waals surface area contributed by atoms with Crippen LogP contribution in [0, 0.1) is 5.82 Å². The van der Waals surface area contributed by atoms with Crippen LogP contribution in [0.5, 0.6) is 0 Å². The lowest BCUT2D eigenvalue weighted by Gasteiger charge is -2.10. The summed E-state index contributed by atoms with van der Waals surface area (Å²) in [6.07, 6.45) is -4.38. The van der Waals surface area contributed by atoms with Crippen LogP contribution in [0.15, 0.2) is 12.1 Å². The molecule has 0 aliphatic heterocycles. The van der Waals surface area contributed by atoms with Crippen LogP contribution in [-0.4, -0.2) is 28.9 Å². The first kappa shape index (κ1) is 16.3. The Morgan fingerprint density at radius 3 is 2.62 bits per heavy atom. The average Bonchev–Trinajstić information content (AvgIpc) is 2.71. The van der Waals surface area contributed by atoms with Gasteiger partial charge >= 0.3 is 6.18 Å². The van der Waals surface area contributed by atoms with Gasteiger partial charge in [-0.05, 0) is 6.07 Å². The minimum absolute atomic E-state index is 0.0349. The Morgan fingerprint density at radius 1 is 1.29 bits per heavy atom. The molecule has 116 valence electrons. The molecular formula is C12H10Cl2F4N2O. The number of alkyl halides is 4. The van der Waals surface area contributed by atoms with Gasteiger partial charge in [-0.2, -0.15) is 13.2 Å². The van der Waals surface area contributed by atoms with Crippen molar-refractivity contribution in [2.24, 2.45) is 0 Å². The molecule has 1 heterocycles. The van der Waals surface area contributed by atoms with E-state index in [4.69, 9.17) is 23.2 Å². The molecule has 0 atom stereocenters. The van der Waals surface area contributed by atoms with E-state index in [1.165, 1.54) is 6.07 Å². The zero-order valence-electron chi connectivity index (χ0n) is 10.6. The second-order valence-electron chi connectivity index (χ2n) is 4.24. The van der Waals surface area contributed by atoms with Crippen molar-refractivity contribution < 1.29 is 22.3 Å². The molecule has 1 aromatic heterocycles. The maximum atomic E-state index is 13.4. The molecule has 0 saturated heterocycles. The zero-order valence-corrected chi connectivity index (χ0v) is 12.1. The Bertz CT molecular complexity index is 642. The summed E-state index contributed by atoms with van der Waals surface area (Å²) < 4.78 is 55.5. The summed E-state index contributed by atoms with van der Waals surface area (Å²) in [5.74, 6) is -0.181. The second kappa shape index (κ2) is 6.37. The van der Waals surface area contributed by atoms with E-state index >= 15 is 0 Å². The molecule has 2 rings (SSSR count). The van der Waals surface area contributed by atoms with E-state index in [0.717, 1.165) is 6.07 Å². The highest BCUT2D eigenvalue weighted by molar-refractivity contribution is 6.31. The largest absolute Gasteiger partial charge is 0.411 e. The third kappa shape index (κ3) is 3.99. The van der Waals surface area contributed by atoms with E-state index in [9.17, 15) is 17.6 Å². The van der Waals surface area contributed by atoms with Gasteiger partial charge in [-0.3, -0.25) is 0 Å². The normalized spacial score (nSPS) is 12.3. The Balaban J connectivity index is 2.19. The van der Waals surface area contributed by atoms with Gasteiger partial charge in [0.05, 0.1) is 28.5 Å². The summed E-state index contributed by atoms with van der Waals surface area (Å²) in [4.78, 5) is 4.12. The van der Waals surface area contributed by atoms with E-state index < -0.39 is 18.6 Å². The number of hydrogen-bond acceptors (Lipinski definition) is 2. The number of benzene rings is 1. The molecule has 0 radical (unpaired) electrons. The highest BCUT2D eigenvalue weighted by atomic mass is 35.5. The monoisotopic (exact) mass is 344 g/mol. The van der Waals surface area contributed by atoms with Crippen molar-refractivity contribution in [1.82, 2.24) is 9.55 Å². The van der Waals surface area contributed by atoms with E-state index in [0.29, 0.717) is 16.9 Å². The smallest absolute Gasteiger partial charge is 0.370 e. The molecule has 0 aliphatic rings. The summed E-state index contributed by atoms with van der Waals surface area (Å²) in [6.45, 7) is -1.40. The van der Waals surface area contributed by atoms with Gasteiger partial charge < -0.3 is 9.30 Å². The van der Waals surface area contributed by atoms with E-state index in [1.807, 2.05) is 0 Å². The molecule has 0 spiro atoms. The van der Waals surface area contributed by atoms with Crippen molar-refractivity contribution in [2.45, 2.75) is 18.6 Å². The Labute approximate surface area is 127 Å². The Morgan fingerprint density at radius 2 is 2.00 bits per heavy atom. The molecule has 0 unspecified atom stereocenters. The fourth-order valence-electron chi connectivity index (χ4n) is 1.87. The quantitative estimate of drug-likeness (QED) is 0.463. The lowest BCUT2D eigenvalue weighted by atomic mass is 10.3. The number of aromatic nitrogens is 2. The number of nitrogens with zero attached hydrogens (tertiary/aromatic N) is 2. The van der Waals surface area contributed by atoms with Gasteiger partial charge in [0.2, 0.25) is 0 Å². The molecule has 0 aliphatic carbocycles. The summed E-state index contributed by atoms with van der Waals surface area (Å²) in [5.41, 5.74) is 0.830. The Hall–Kier alpha value is -1.05. The SMILES string of the molecule is Fc1cc2nc(CCl)n(CCOCC(F)(F)F)c2cc1Cl. The van der Waals surface area contributed by atoms with Crippen LogP contribution in [0.25, 0.3) is 11.0 Å². The number of hydrogen-bond donors (Lipinski definition) is 0. The highest BCUT2D eigenvalue weighted by Crippen LogP contribution is 2.24. The van der Waals surface area contributed by atoms with Gasteiger partial charge in [0.25, 0.3) is 0 Å². The van der Waals surface area contributed by atoms with Crippen LogP contribution >= 0.6 is 23.2 Å². The first-order valence-corrected chi connectivity index (χ1v) is 6.77. The summed E-state index contributed by atoms with van der Waals surface area (Å²) >= 11 is 11.4. The van der Waals surface area contributed by atoms with Crippen LogP contribution in [0.4, 0.5) is 17.6 Å². The molecule has 0 bridgehead atoms. The van der Waals surface area contributed by atoms with Crippen molar-refractivity contribution in [3.63, 3.8) is 0 Å². The highest BCUT2D eigenvalue weighted by Gasteiger charge is 2.27. The van der Waals surface area contributed by atoms with Gasteiger partial charge in [-0.25, -0.2) is 9.37 Å². The second-order valence-corrected chi connectivity index (χ2v) is 4.91. The van der Waals surface area contributed by atoms with Crippen molar-refractivity contribution in [3.05, 3.63) is 28.8 Å². The minimum Gasteiger partial charge on any atom is -0.370 e. The fourth-order valence-corrected chi connectivity index (χ4v) is 2.23. The molecule has 0 saturated carbocycles. The lowest BCUT2D eigenvalue weighted by Crippen LogP contribution is -2.19. The Kier molecular flexibility index (Phi) is 4.95. The molecule has 21 heavy (non-hydrogen) atoms. The maximum Gasteiger partial charge on any atom is 0.411 e. The first-order chi connectivity index (χ1) is 9.81. The first-order valence-electron chi connectivity index (χ1n) is 5.86. The van der Waals surface area contributed by atoms with Gasteiger partial charge in [0, 0.05) is 12.6 Å². The third-order valence-corrected chi connectivity index (χ3v) is 3.24. The molecule has 9 heteroatoms. The molecule has 0 N–H and O–H groups in total. The lowest BCUT2D eigenvalue weighted by molar-refractivity contribution is -0.174. The molecule has 2 aromatic rings. The maximum absolute atomic E-state index is 13.4.